The van der Waals surface area contributed by atoms with Gasteiger partial charge in [-0.15, -0.1) is 0 Å². The predicted molar refractivity (Wildman–Crippen MR) is 87.4 cm³/mol. The van der Waals surface area contributed by atoms with Crippen molar-refractivity contribution in [2.75, 3.05) is 19.0 Å². The number of rotatable bonds is 4. The van der Waals surface area contributed by atoms with E-state index in [1.807, 2.05) is 18.2 Å². The molecule has 0 saturated carbocycles. The van der Waals surface area contributed by atoms with E-state index in [-0.39, 0.29) is 11.8 Å². The van der Waals surface area contributed by atoms with Crippen LogP contribution in [0.25, 0.3) is 0 Å². The van der Waals surface area contributed by atoms with E-state index < -0.39 is 5.41 Å². The number of hydrogen-bond acceptors (Lipinski definition) is 3. The van der Waals surface area contributed by atoms with Crippen molar-refractivity contribution in [3.63, 3.8) is 0 Å². The van der Waals surface area contributed by atoms with Crippen LogP contribution in [0.1, 0.15) is 36.8 Å². The summed E-state index contributed by atoms with van der Waals surface area (Å²) in [6.07, 6.45) is 3.75. The predicted octanol–water partition coefficient (Wildman–Crippen LogP) is 2.81. The van der Waals surface area contributed by atoms with Crippen LogP contribution in [0.3, 0.4) is 0 Å². The molecule has 2 amide bonds. The normalized spacial score (nSPS) is 24.0. The Balaban J connectivity index is 1.99. The summed E-state index contributed by atoms with van der Waals surface area (Å²) >= 11 is 3.36. The Bertz CT molecular complexity index is 616. The van der Waals surface area contributed by atoms with Crippen molar-refractivity contribution < 1.29 is 14.3 Å². The smallest absolute Gasteiger partial charge is 0.240 e. The van der Waals surface area contributed by atoms with Gasteiger partial charge in [-0.05, 0) is 48.9 Å². The van der Waals surface area contributed by atoms with Gasteiger partial charge in [0, 0.05) is 18.3 Å². The molecule has 1 aromatic carbocycles. The highest BCUT2D eigenvalue weighted by Gasteiger charge is 2.53. The van der Waals surface area contributed by atoms with Crippen molar-refractivity contribution >= 4 is 27.7 Å². The molecule has 0 radical (unpaired) electrons. The summed E-state index contributed by atoms with van der Waals surface area (Å²) in [7, 11) is 1.65. The summed E-state index contributed by atoms with van der Waals surface area (Å²) in [5.74, 6) is 0.767. The minimum atomic E-state index is -0.636. The molecule has 1 spiro atoms. The zero-order valence-electron chi connectivity index (χ0n) is 12.7. The van der Waals surface area contributed by atoms with Gasteiger partial charge < -0.3 is 4.74 Å². The maximum absolute atomic E-state index is 13.0. The molecule has 1 atom stereocenters. The maximum Gasteiger partial charge on any atom is 0.240 e. The number of fused-ring (bicyclic) bond motifs is 2. The van der Waals surface area contributed by atoms with Gasteiger partial charge in [-0.25, -0.2) is 0 Å². The van der Waals surface area contributed by atoms with Crippen LogP contribution in [0.5, 0.6) is 5.75 Å². The van der Waals surface area contributed by atoms with Crippen LogP contribution < -0.4 is 4.74 Å². The number of likely N-dealkylation sites (tertiary alicyclic amines) is 1. The third kappa shape index (κ3) is 2.35. The second-order valence-electron chi connectivity index (χ2n) is 6.03. The first-order chi connectivity index (χ1) is 10.6. The van der Waals surface area contributed by atoms with Gasteiger partial charge in [0.25, 0.3) is 0 Å². The van der Waals surface area contributed by atoms with E-state index in [1.165, 1.54) is 4.90 Å². The van der Waals surface area contributed by atoms with Crippen LogP contribution >= 0.6 is 15.9 Å². The molecule has 1 unspecified atom stereocenters. The number of hydrogen-bond donors (Lipinski definition) is 0. The van der Waals surface area contributed by atoms with E-state index in [9.17, 15) is 9.59 Å². The average molecular weight is 366 g/mol. The van der Waals surface area contributed by atoms with E-state index in [2.05, 4.69) is 15.9 Å². The van der Waals surface area contributed by atoms with Crippen molar-refractivity contribution in [2.24, 2.45) is 0 Å². The first kappa shape index (κ1) is 15.5. The zero-order chi connectivity index (χ0) is 15.7. The molecule has 1 saturated heterocycles. The number of benzene rings is 1. The number of aryl methyl sites for hydroxylation is 1. The Kier molecular flexibility index (Phi) is 4.26. The molecule has 1 heterocycles. The number of alkyl halides is 1. The number of nitrogens with zero attached hydrogens (tertiary/aromatic N) is 1. The number of imide groups is 1. The van der Waals surface area contributed by atoms with E-state index >= 15 is 0 Å². The molecule has 0 bridgehead atoms. The second kappa shape index (κ2) is 6.03. The zero-order valence-corrected chi connectivity index (χ0v) is 14.3. The molecule has 1 aromatic rings. The Morgan fingerprint density at radius 2 is 2.18 bits per heavy atom. The standard InChI is InChI=1S/C17H20BrNO3/c1-22-13-5-6-14-12(10-13)4-2-7-17(14)11-15(20)19(16(17)21)9-3-8-18/h5-6,10H,2-4,7-9,11H2,1H3. The molecular weight excluding hydrogens is 346 g/mol. The van der Waals surface area contributed by atoms with E-state index in [0.29, 0.717) is 13.0 Å². The molecule has 0 aromatic heterocycles. The fourth-order valence-electron chi connectivity index (χ4n) is 3.74. The molecule has 4 nitrogen and oxygen atoms in total. The van der Waals surface area contributed by atoms with Crippen LogP contribution in [-0.2, 0) is 21.4 Å². The lowest BCUT2D eigenvalue weighted by molar-refractivity contribution is -0.140. The largest absolute Gasteiger partial charge is 0.497 e. The molecule has 2 aliphatic rings. The Hall–Kier alpha value is -1.36. The molecule has 0 N–H and O–H groups in total. The van der Waals surface area contributed by atoms with Crippen LogP contribution in [0, 0.1) is 0 Å². The number of carbonyl (C=O) groups is 2. The minimum absolute atomic E-state index is 0.00966. The summed E-state index contributed by atoms with van der Waals surface area (Å²) in [5.41, 5.74) is 1.54. The number of ether oxygens (including phenoxy) is 1. The summed E-state index contributed by atoms with van der Waals surface area (Å²) in [5, 5.41) is 0.796. The van der Waals surface area contributed by atoms with Crippen molar-refractivity contribution in [3.8, 4) is 5.75 Å². The van der Waals surface area contributed by atoms with Crippen LogP contribution in [0.4, 0.5) is 0 Å². The monoisotopic (exact) mass is 365 g/mol. The maximum atomic E-state index is 13.0. The van der Waals surface area contributed by atoms with Crippen molar-refractivity contribution in [3.05, 3.63) is 29.3 Å². The Labute approximate surface area is 138 Å². The molecule has 1 fully saturated rings. The molecule has 118 valence electrons. The van der Waals surface area contributed by atoms with Crippen molar-refractivity contribution in [1.82, 2.24) is 4.90 Å². The SMILES string of the molecule is COc1ccc2c(c1)CCCC21CC(=O)N(CCCBr)C1=O. The van der Waals surface area contributed by atoms with E-state index in [1.54, 1.807) is 7.11 Å². The third-order valence-electron chi connectivity index (χ3n) is 4.80. The number of halogens is 1. The highest BCUT2D eigenvalue weighted by molar-refractivity contribution is 9.09. The molecule has 22 heavy (non-hydrogen) atoms. The fourth-order valence-corrected chi connectivity index (χ4v) is 3.99. The van der Waals surface area contributed by atoms with Gasteiger partial charge in [-0.2, -0.15) is 0 Å². The van der Waals surface area contributed by atoms with Crippen LogP contribution in [0.2, 0.25) is 0 Å². The van der Waals surface area contributed by atoms with Gasteiger partial charge in [-0.1, -0.05) is 22.0 Å². The van der Waals surface area contributed by atoms with Crippen molar-refractivity contribution in [2.45, 2.75) is 37.5 Å². The van der Waals surface area contributed by atoms with Gasteiger partial charge in [0.1, 0.15) is 5.75 Å². The van der Waals surface area contributed by atoms with Gasteiger partial charge in [-0.3, -0.25) is 14.5 Å². The highest BCUT2D eigenvalue weighted by atomic mass is 79.9. The lowest BCUT2D eigenvalue weighted by Crippen LogP contribution is -2.41. The molecule has 5 heteroatoms. The first-order valence-corrected chi connectivity index (χ1v) is 8.83. The van der Waals surface area contributed by atoms with E-state index in [4.69, 9.17) is 4.74 Å². The summed E-state index contributed by atoms with van der Waals surface area (Å²) in [6.45, 7) is 0.510. The topological polar surface area (TPSA) is 46.6 Å². The number of carbonyl (C=O) groups excluding carboxylic acids is 2. The molecule has 1 aliphatic carbocycles. The third-order valence-corrected chi connectivity index (χ3v) is 5.36. The van der Waals surface area contributed by atoms with E-state index in [0.717, 1.165) is 47.9 Å². The average Bonchev–Trinajstić information content (AvgIpc) is 2.76. The number of methoxy groups -OCH3 is 1. The summed E-state index contributed by atoms with van der Waals surface area (Å²) in [6, 6.07) is 5.88. The van der Waals surface area contributed by atoms with Gasteiger partial charge in [0.15, 0.2) is 0 Å². The highest BCUT2D eigenvalue weighted by Crippen LogP contribution is 2.46. The lowest BCUT2D eigenvalue weighted by atomic mass is 9.69. The minimum Gasteiger partial charge on any atom is -0.497 e. The van der Waals surface area contributed by atoms with Gasteiger partial charge in [0.2, 0.25) is 11.8 Å². The second-order valence-corrected chi connectivity index (χ2v) is 6.82. The molecule has 1 aliphatic heterocycles. The first-order valence-electron chi connectivity index (χ1n) is 7.70. The number of amides is 2. The van der Waals surface area contributed by atoms with Crippen LogP contribution in [-0.4, -0.2) is 35.7 Å². The van der Waals surface area contributed by atoms with Crippen molar-refractivity contribution in [1.29, 1.82) is 0 Å². The molecule has 3 rings (SSSR count). The quantitative estimate of drug-likeness (QED) is 0.608. The Morgan fingerprint density at radius 1 is 1.36 bits per heavy atom. The summed E-state index contributed by atoms with van der Waals surface area (Å²) in [4.78, 5) is 26.8. The summed E-state index contributed by atoms with van der Waals surface area (Å²) < 4.78 is 5.29. The Morgan fingerprint density at radius 3 is 2.91 bits per heavy atom. The van der Waals surface area contributed by atoms with Gasteiger partial charge in [0.05, 0.1) is 12.5 Å². The lowest BCUT2D eigenvalue weighted by Gasteiger charge is -2.33. The molecular formula is C17H20BrNO3. The van der Waals surface area contributed by atoms with Crippen LogP contribution in [0.15, 0.2) is 18.2 Å². The van der Waals surface area contributed by atoms with Gasteiger partial charge >= 0.3 is 0 Å². The fraction of sp³-hybridized carbons (Fsp3) is 0.529.